The third-order valence-electron chi connectivity index (χ3n) is 6.44. The van der Waals surface area contributed by atoms with Crippen LogP contribution < -0.4 is 15.5 Å². The lowest BCUT2D eigenvalue weighted by Crippen LogP contribution is -2.54. The van der Waals surface area contributed by atoms with Crippen molar-refractivity contribution in [1.82, 2.24) is 20.2 Å². The number of nitrogens with zero attached hydrogens (tertiary/aromatic N) is 4. The van der Waals surface area contributed by atoms with Crippen LogP contribution in [0.25, 0.3) is 0 Å². The molecule has 0 radical (unpaired) electrons. The highest BCUT2D eigenvalue weighted by molar-refractivity contribution is 5.94. The van der Waals surface area contributed by atoms with E-state index in [0.29, 0.717) is 18.5 Å². The average molecular weight is 439 g/mol. The first-order valence-electron chi connectivity index (χ1n) is 11.6. The molecule has 8 nitrogen and oxygen atoms in total. The molecule has 2 fully saturated rings. The Bertz CT molecular complexity index is 900. The van der Waals surface area contributed by atoms with Gasteiger partial charge >= 0.3 is 0 Å². The van der Waals surface area contributed by atoms with Crippen LogP contribution in [0.1, 0.15) is 48.0 Å². The number of nitrogens with one attached hydrogen (secondary N) is 2. The summed E-state index contributed by atoms with van der Waals surface area (Å²) in [6.45, 7) is 4.70. The fraction of sp³-hybridized carbons (Fsp3) is 0.542. The van der Waals surface area contributed by atoms with Crippen LogP contribution in [0.4, 0.5) is 11.6 Å². The first kappa shape index (κ1) is 22.5. The van der Waals surface area contributed by atoms with Gasteiger partial charge in [-0.1, -0.05) is 18.6 Å². The van der Waals surface area contributed by atoms with Crippen LogP contribution in [0.3, 0.4) is 0 Å². The molecule has 8 heteroatoms. The highest BCUT2D eigenvalue weighted by atomic mass is 16.3. The molecule has 1 atom stereocenters. The molecule has 2 aliphatic rings. The van der Waals surface area contributed by atoms with Gasteiger partial charge in [-0.2, -0.15) is 0 Å². The first-order valence-corrected chi connectivity index (χ1v) is 11.6. The highest BCUT2D eigenvalue weighted by Crippen LogP contribution is 2.25. The summed E-state index contributed by atoms with van der Waals surface area (Å²) in [4.78, 5) is 25.7. The van der Waals surface area contributed by atoms with Crippen molar-refractivity contribution in [2.75, 3.05) is 50.0 Å². The number of β-amino-alcohol motifs (C(OH)–C–C–N with tert-alkyl or cyclic N) is 1. The zero-order valence-corrected chi connectivity index (χ0v) is 18.9. The van der Waals surface area contributed by atoms with Crippen LogP contribution >= 0.6 is 0 Å². The number of piperidine rings is 2. The Hall–Kier alpha value is -2.71. The molecule has 4 rings (SSSR count). The van der Waals surface area contributed by atoms with Crippen molar-refractivity contribution in [1.29, 1.82) is 0 Å². The fourth-order valence-electron chi connectivity index (χ4n) is 4.59. The van der Waals surface area contributed by atoms with Gasteiger partial charge in [0.05, 0.1) is 5.60 Å². The van der Waals surface area contributed by atoms with E-state index in [2.05, 4.69) is 25.5 Å². The Morgan fingerprint density at radius 3 is 2.62 bits per heavy atom. The largest absolute Gasteiger partial charge is 0.386 e. The molecule has 0 saturated carbocycles. The summed E-state index contributed by atoms with van der Waals surface area (Å²) in [6.07, 6.45) is 6.86. The number of carbonyl (C=O) groups is 1. The van der Waals surface area contributed by atoms with Crippen LogP contribution in [0.2, 0.25) is 0 Å². The van der Waals surface area contributed by atoms with Crippen molar-refractivity contribution < 1.29 is 9.90 Å². The second kappa shape index (κ2) is 10.3. The number of hydrogen-bond donors (Lipinski definition) is 3. The summed E-state index contributed by atoms with van der Waals surface area (Å²) in [7, 11) is 1.81. The van der Waals surface area contributed by atoms with Crippen LogP contribution in [-0.2, 0) is 6.54 Å². The van der Waals surface area contributed by atoms with Crippen molar-refractivity contribution >= 4 is 17.5 Å². The predicted octanol–water partition coefficient (Wildman–Crippen LogP) is 2.27. The maximum Gasteiger partial charge on any atom is 0.251 e. The Balaban J connectivity index is 1.31. The molecule has 1 aromatic carbocycles. The van der Waals surface area contributed by atoms with E-state index in [0.717, 1.165) is 44.2 Å². The minimum absolute atomic E-state index is 0.153. The number of aliphatic hydroxyl groups is 1. The normalized spacial score (nSPS) is 21.9. The van der Waals surface area contributed by atoms with Gasteiger partial charge in [-0.05, 0) is 56.5 Å². The van der Waals surface area contributed by atoms with E-state index in [4.69, 9.17) is 0 Å². The van der Waals surface area contributed by atoms with Gasteiger partial charge in [-0.3, -0.25) is 9.69 Å². The molecule has 0 bridgehead atoms. The minimum atomic E-state index is -0.993. The average Bonchev–Trinajstić information content (AvgIpc) is 2.84. The van der Waals surface area contributed by atoms with Crippen molar-refractivity contribution in [3.05, 3.63) is 47.8 Å². The second-order valence-corrected chi connectivity index (χ2v) is 8.98. The highest BCUT2D eigenvalue weighted by Gasteiger charge is 2.34. The van der Waals surface area contributed by atoms with E-state index in [9.17, 15) is 9.90 Å². The number of rotatable bonds is 7. The molecule has 2 saturated heterocycles. The van der Waals surface area contributed by atoms with Crippen molar-refractivity contribution in [2.24, 2.45) is 0 Å². The molecule has 1 aromatic heterocycles. The van der Waals surface area contributed by atoms with E-state index in [1.807, 2.05) is 42.3 Å². The second-order valence-electron chi connectivity index (χ2n) is 8.98. The molecule has 172 valence electrons. The number of likely N-dealkylation sites (tertiary alicyclic amines) is 1. The van der Waals surface area contributed by atoms with E-state index in [1.165, 1.54) is 31.2 Å². The lowest BCUT2D eigenvalue weighted by molar-refractivity contribution is 0.0254. The standard InChI is InChI=1S/C24H34N6O2/c1-25-21-14-22(28-18-27-21)30-13-5-10-24(32,17-30)16-26-23(31)20-8-6-19(7-9-20)15-29-11-3-2-4-12-29/h6-9,14,18,32H,2-5,10-13,15-17H2,1H3,(H,26,31)(H,25,27,28). The number of amides is 1. The van der Waals surface area contributed by atoms with Gasteiger partial charge in [0.2, 0.25) is 0 Å². The molecule has 3 N–H and O–H groups in total. The van der Waals surface area contributed by atoms with Gasteiger partial charge in [-0.15, -0.1) is 0 Å². The molecule has 2 aliphatic heterocycles. The van der Waals surface area contributed by atoms with Gasteiger partial charge in [0.1, 0.15) is 18.0 Å². The summed E-state index contributed by atoms with van der Waals surface area (Å²) in [5, 5.41) is 17.1. The third kappa shape index (κ3) is 5.75. The van der Waals surface area contributed by atoms with E-state index in [-0.39, 0.29) is 12.5 Å². The first-order chi connectivity index (χ1) is 15.5. The van der Waals surface area contributed by atoms with Gasteiger partial charge < -0.3 is 20.6 Å². The number of anilines is 2. The van der Waals surface area contributed by atoms with Gasteiger partial charge in [0.15, 0.2) is 0 Å². The van der Waals surface area contributed by atoms with Crippen LogP contribution in [-0.4, -0.2) is 71.3 Å². The lowest BCUT2D eigenvalue weighted by atomic mass is 9.92. The third-order valence-corrected chi connectivity index (χ3v) is 6.44. The summed E-state index contributed by atoms with van der Waals surface area (Å²) < 4.78 is 0. The quantitative estimate of drug-likeness (QED) is 0.611. The Labute approximate surface area is 190 Å². The Kier molecular flexibility index (Phi) is 7.22. The number of hydrogen-bond acceptors (Lipinski definition) is 7. The minimum Gasteiger partial charge on any atom is -0.386 e. The maximum absolute atomic E-state index is 12.7. The summed E-state index contributed by atoms with van der Waals surface area (Å²) in [5.41, 5.74) is 0.862. The smallest absolute Gasteiger partial charge is 0.251 e. The van der Waals surface area contributed by atoms with Crippen molar-refractivity contribution in [3.8, 4) is 0 Å². The zero-order valence-electron chi connectivity index (χ0n) is 18.9. The summed E-state index contributed by atoms with van der Waals surface area (Å²) in [5.74, 6) is 1.36. The molecule has 1 amide bonds. The number of carbonyl (C=O) groups excluding carboxylic acids is 1. The van der Waals surface area contributed by atoms with Crippen LogP contribution in [0, 0.1) is 0 Å². The number of benzene rings is 1. The van der Waals surface area contributed by atoms with Crippen molar-refractivity contribution in [2.45, 2.75) is 44.2 Å². The Morgan fingerprint density at radius 2 is 1.88 bits per heavy atom. The van der Waals surface area contributed by atoms with E-state index in [1.54, 1.807) is 0 Å². The molecular formula is C24H34N6O2. The summed E-state index contributed by atoms with van der Waals surface area (Å²) in [6, 6.07) is 9.71. The number of aromatic nitrogens is 2. The summed E-state index contributed by atoms with van der Waals surface area (Å²) >= 11 is 0. The molecule has 0 aliphatic carbocycles. The maximum atomic E-state index is 12.7. The van der Waals surface area contributed by atoms with E-state index >= 15 is 0 Å². The van der Waals surface area contributed by atoms with E-state index < -0.39 is 5.60 Å². The zero-order chi connectivity index (χ0) is 22.4. The molecule has 3 heterocycles. The molecule has 0 spiro atoms. The fourth-order valence-corrected chi connectivity index (χ4v) is 4.59. The SMILES string of the molecule is CNc1cc(N2CCCC(O)(CNC(=O)c3ccc(CN4CCCCC4)cc3)C2)ncn1. The molecular weight excluding hydrogens is 404 g/mol. The van der Waals surface area contributed by atoms with Crippen LogP contribution in [0.5, 0.6) is 0 Å². The van der Waals surface area contributed by atoms with Crippen LogP contribution in [0.15, 0.2) is 36.7 Å². The lowest BCUT2D eigenvalue weighted by Gasteiger charge is -2.39. The van der Waals surface area contributed by atoms with Gasteiger partial charge in [-0.25, -0.2) is 9.97 Å². The predicted molar refractivity (Wildman–Crippen MR) is 126 cm³/mol. The molecule has 1 unspecified atom stereocenters. The molecule has 32 heavy (non-hydrogen) atoms. The van der Waals surface area contributed by atoms with Gasteiger partial charge in [0, 0.05) is 44.9 Å². The Morgan fingerprint density at radius 1 is 1.09 bits per heavy atom. The monoisotopic (exact) mass is 438 g/mol. The van der Waals surface area contributed by atoms with Crippen molar-refractivity contribution in [3.63, 3.8) is 0 Å². The molecule has 2 aromatic rings. The van der Waals surface area contributed by atoms with Gasteiger partial charge in [0.25, 0.3) is 5.91 Å². The topological polar surface area (TPSA) is 93.6 Å².